The summed E-state index contributed by atoms with van der Waals surface area (Å²) in [5.41, 5.74) is 6.17. The molecule has 3 aromatic rings. The van der Waals surface area contributed by atoms with Crippen LogP contribution in [0.2, 0.25) is 0 Å². The van der Waals surface area contributed by atoms with Gasteiger partial charge in [0.15, 0.2) is 0 Å². The zero-order chi connectivity index (χ0) is 29.9. The number of carbonyl (C=O) groups excluding carboxylic acids is 1. The molecule has 1 saturated heterocycles. The molecule has 2 N–H and O–H groups in total. The quantitative estimate of drug-likeness (QED) is 0.373. The number of amides is 1. The number of benzene rings is 2. The van der Waals surface area contributed by atoms with Crippen LogP contribution in [-0.4, -0.2) is 66.9 Å². The summed E-state index contributed by atoms with van der Waals surface area (Å²) in [5, 5.41) is 22.3. The van der Waals surface area contributed by atoms with Crippen LogP contribution < -0.4 is 5.32 Å². The Hall–Kier alpha value is -3.42. The SMILES string of the molecule is CC(C)(C)[S@](=O)N1Cc2cc(C(=O)NCCN3CCCC3)nc(-c3cccc(-c4ccc(C#N)cc4)c3)c2[C@@H]1CCO. The lowest BCUT2D eigenvalue weighted by Gasteiger charge is -2.30. The van der Waals surface area contributed by atoms with Crippen molar-refractivity contribution in [1.29, 1.82) is 5.26 Å². The Kier molecular flexibility index (Phi) is 9.19. The van der Waals surface area contributed by atoms with Crippen LogP contribution >= 0.6 is 0 Å². The van der Waals surface area contributed by atoms with Gasteiger partial charge in [-0.2, -0.15) is 5.26 Å². The molecule has 0 aliphatic carbocycles. The van der Waals surface area contributed by atoms with Crippen LogP contribution in [0.1, 0.15) is 73.3 Å². The zero-order valence-corrected chi connectivity index (χ0v) is 25.4. The molecule has 2 aliphatic rings. The molecule has 8 nitrogen and oxygen atoms in total. The minimum Gasteiger partial charge on any atom is -0.396 e. The van der Waals surface area contributed by atoms with Gasteiger partial charge in [-0.3, -0.25) is 4.79 Å². The van der Waals surface area contributed by atoms with E-state index in [2.05, 4.69) is 16.3 Å². The van der Waals surface area contributed by atoms with Gasteiger partial charge < -0.3 is 15.3 Å². The van der Waals surface area contributed by atoms with Gasteiger partial charge in [-0.1, -0.05) is 30.3 Å². The molecule has 9 heteroatoms. The van der Waals surface area contributed by atoms with E-state index in [0.717, 1.165) is 47.5 Å². The minimum atomic E-state index is -1.33. The normalized spacial score (nSPS) is 18.0. The number of nitriles is 1. The summed E-state index contributed by atoms with van der Waals surface area (Å²) in [6.45, 7) is 9.68. The number of hydrogen-bond acceptors (Lipinski definition) is 6. The second kappa shape index (κ2) is 12.8. The van der Waals surface area contributed by atoms with E-state index in [1.165, 1.54) is 12.8 Å². The average molecular weight is 586 g/mol. The first-order valence-electron chi connectivity index (χ1n) is 14.6. The largest absolute Gasteiger partial charge is 0.396 e. The molecule has 220 valence electrons. The van der Waals surface area contributed by atoms with E-state index in [-0.39, 0.29) is 18.6 Å². The number of aliphatic hydroxyl groups is 1. The number of fused-ring (bicyclic) bond motifs is 1. The maximum Gasteiger partial charge on any atom is 0.269 e. The molecular formula is C33H39N5O3S. The van der Waals surface area contributed by atoms with Crippen LogP contribution in [0.5, 0.6) is 0 Å². The van der Waals surface area contributed by atoms with Crippen molar-refractivity contribution in [3.8, 4) is 28.5 Å². The summed E-state index contributed by atoms with van der Waals surface area (Å²) in [5.74, 6) is -0.226. The Morgan fingerprint density at radius 3 is 2.48 bits per heavy atom. The molecule has 0 saturated carbocycles. The van der Waals surface area contributed by atoms with E-state index in [1.54, 1.807) is 12.1 Å². The molecule has 5 rings (SSSR count). The van der Waals surface area contributed by atoms with Gasteiger partial charge in [0.1, 0.15) is 16.7 Å². The van der Waals surface area contributed by atoms with Crippen LogP contribution in [-0.2, 0) is 17.5 Å². The second-order valence-electron chi connectivity index (χ2n) is 12.0. The summed E-state index contributed by atoms with van der Waals surface area (Å²) >= 11 is 0. The van der Waals surface area contributed by atoms with Crippen LogP contribution in [0, 0.1) is 11.3 Å². The van der Waals surface area contributed by atoms with Crippen LogP contribution in [0.3, 0.4) is 0 Å². The Morgan fingerprint density at radius 2 is 1.81 bits per heavy atom. The number of likely N-dealkylation sites (tertiary alicyclic amines) is 1. The van der Waals surface area contributed by atoms with Gasteiger partial charge in [-0.25, -0.2) is 13.5 Å². The predicted molar refractivity (Wildman–Crippen MR) is 166 cm³/mol. The predicted octanol–water partition coefficient (Wildman–Crippen LogP) is 4.81. The highest BCUT2D eigenvalue weighted by molar-refractivity contribution is 7.84. The van der Waals surface area contributed by atoms with E-state index in [4.69, 9.17) is 4.98 Å². The van der Waals surface area contributed by atoms with Gasteiger partial charge in [-0.15, -0.1) is 0 Å². The van der Waals surface area contributed by atoms with Crippen molar-refractivity contribution in [1.82, 2.24) is 19.5 Å². The third-order valence-electron chi connectivity index (χ3n) is 7.92. The van der Waals surface area contributed by atoms with Gasteiger partial charge in [-0.05, 0) is 94.1 Å². The first-order chi connectivity index (χ1) is 20.2. The third kappa shape index (κ3) is 6.47. The topological polar surface area (TPSA) is 110 Å². The molecule has 1 aromatic heterocycles. The van der Waals surface area contributed by atoms with Crippen molar-refractivity contribution in [2.45, 2.75) is 57.4 Å². The lowest BCUT2D eigenvalue weighted by molar-refractivity contribution is 0.0944. The average Bonchev–Trinajstić information content (AvgIpc) is 3.64. The molecule has 2 aromatic carbocycles. The highest BCUT2D eigenvalue weighted by atomic mass is 32.2. The fraction of sp³-hybridized carbons (Fsp3) is 0.424. The molecule has 0 unspecified atom stereocenters. The molecule has 0 radical (unpaired) electrons. The first-order valence-corrected chi connectivity index (χ1v) is 15.7. The fourth-order valence-corrected chi connectivity index (χ4v) is 7.21. The maximum atomic E-state index is 13.7. The summed E-state index contributed by atoms with van der Waals surface area (Å²) < 4.78 is 15.1. The van der Waals surface area contributed by atoms with Gasteiger partial charge >= 0.3 is 0 Å². The Balaban J connectivity index is 1.55. The van der Waals surface area contributed by atoms with Crippen LogP contribution in [0.4, 0.5) is 0 Å². The smallest absolute Gasteiger partial charge is 0.269 e. The van der Waals surface area contributed by atoms with Gasteiger partial charge in [0, 0.05) is 37.4 Å². The number of nitrogens with one attached hydrogen (secondary N) is 1. The van der Waals surface area contributed by atoms with E-state index in [0.29, 0.717) is 36.5 Å². The molecule has 2 atom stereocenters. The molecule has 1 fully saturated rings. The number of rotatable bonds is 9. The minimum absolute atomic E-state index is 0.0641. The number of nitrogens with zero attached hydrogens (tertiary/aromatic N) is 4. The fourth-order valence-electron chi connectivity index (χ4n) is 5.81. The van der Waals surface area contributed by atoms with Crippen molar-refractivity contribution in [2.75, 3.05) is 32.8 Å². The van der Waals surface area contributed by atoms with Crippen LogP contribution in [0.15, 0.2) is 54.6 Å². The van der Waals surface area contributed by atoms with E-state index in [9.17, 15) is 19.4 Å². The first kappa shape index (κ1) is 30.1. The van der Waals surface area contributed by atoms with E-state index >= 15 is 0 Å². The Labute approximate surface area is 251 Å². The van der Waals surface area contributed by atoms with E-state index in [1.807, 2.05) is 67.5 Å². The van der Waals surface area contributed by atoms with Crippen molar-refractivity contribution in [2.24, 2.45) is 0 Å². The number of aromatic nitrogens is 1. The lowest BCUT2D eigenvalue weighted by atomic mass is 9.94. The van der Waals surface area contributed by atoms with Crippen molar-refractivity contribution < 1.29 is 14.1 Å². The van der Waals surface area contributed by atoms with Gasteiger partial charge in [0.2, 0.25) is 0 Å². The molecule has 1 amide bonds. The monoisotopic (exact) mass is 585 g/mol. The summed E-state index contributed by atoms with van der Waals surface area (Å²) in [6, 6.07) is 19.1. The Bertz CT molecular complexity index is 1500. The van der Waals surface area contributed by atoms with Crippen molar-refractivity contribution >= 4 is 16.9 Å². The third-order valence-corrected chi connectivity index (χ3v) is 9.78. The van der Waals surface area contributed by atoms with Crippen molar-refractivity contribution in [3.63, 3.8) is 0 Å². The highest BCUT2D eigenvalue weighted by Gasteiger charge is 2.40. The number of carbonyl (C=O) groups is 1. The summed E-state index contributed by atoms with van der Waals surface area (Å²) in [4.78, 5) is 20.7. The second-order valence-corrected chi connectivity index (χ2v) is 14.2. The lowest BCUT2D eigenvalue weighted by Crippen LogP contribution is -2.36. The number of pyridine rings is 1. The Morgan fingerprint density at radius 1 is 1.10 bits per heavy atom. The summed E-state index contributed by atoms with van der Waals surface area (Å²) in [6.07, 6.45) is 2.81. The number of aliphatic hydroxyl groups excluding tert-OH is 1. The highest BCUT2D eigenvalue weighted by Crippen LogP contribution is 2.44. The molecule has 3 heterocycles. The maximum absolute atomic E-state index is 13.7. The summed E-state index contributed by atoms with van der Waals surface area (Å²) in [7, 11) is -1.33. The standard InChI is InChI=1S/C33H39N5O3S/c1-33(2,3)42(41)38-22-27-20-28(32(40)35-14-17-37-15-4-5-16-37)36-31(30(27)29(38)13-18-39)26-8-6-7-25(19-26)24-11-9-23(21-34)10-12-24/h6-12,19-20,29,39H,4-5,13-18,22H2,1-3H3,(H,35,40)/t29-,42-/m0/s1. The van der Waals surface area contributed by atoms with Gasteiger partial charge in [0.05, 0.1) is 28.1 Å². The van der Waals surface area contributed by atoms with E-state index < -0.39 is 15.7 Å². The molecular weight excluding hydrogens is 546 g/mol. The van der Waals surface area contributed by atoms with Gasteiger partial charge in [0.25, 0.3) is 5.91 Å². The molecule has 0 bridgehead atoms. The molecule has 2 aliphatic heterocycles. The van der Waals surface area contributed by atoms with Crippen molar-refractivity contribution in [3.05, 3.63) is 77.0 Å². The van der Waals surface area contributed by atoms with Crippen LogP contribution in [0.25, 0.3) is 22.4 Å². The molecule has 0 spiro atoms. The zero-order valence-electron chi connectivity index (χ0n) is 24.6. The molecule has 42 heavy (non-hydrogen) atoms. The number of hydrogen-bond donors (Lipinski definition) is 2.